The maximum Gasteiger partial charge on any atom is 0.115 e. The van der Waals surface area contributed by atoms with Gasteiger partial charge in [-0.2, -0.15) is 0 Å². The minimum absolute atomic E-state index is 0.148. The number of aromatic hydroxyl groups is 1. The molecule has 1 rings (SSSR count). The van der Waals surface area contributed by atoms with Crippen molar-refractivity contribution in [3.8, 4) is 5.75 Å². The molecule has 7 heteroatoms. The molecule has 1 aromatic rings. The normalized spacial score (nSPS) is 13.6. The third-order valence-electron chi connectivity index (χ3n) is 1.48. The van der Waals surface area contributed by atoms with Gasteiger partial charge >= 0.3 is 0 Å². The van der Waals surface area contributed by atoms with Crippen molar-refractivity contribution in [2.75, 3.05) is 6.54 Å². The molecule has 0 bridgehead atoms. The molecule has 0 fully saturated rings. The summed E-state index contributed by atoms with van der Waals surface area (Å²) < 4.78 is 24.1. The molecule has 0 aliphatic carbocycles. The van der Waals surface area contributed by atoms with Gasteiger partial charge in [0.15, 0.2) is 0 Å². The quantitative estimate of drug-likeness (QED) is 0.521. The van der Waals surface area contributed by atoms with Crippen LogP contribution in [0, 0.1) is 0 Å². The van der Waals surface area contributed by atoms with Crippen molar-refractivity contribution in [3.05, 3.63) is 29.8 Å². The lowest BCUT2D eigenvalue weighted by molar-refractivity contribution is 0.186. The second-order valence-corrected chi connectivity index (χ2v) is 3.00. The molecule has 0 aliphatic rings. The van der Waals surface area contributed by atoms with Crippen molar-refractivity contribution >= 4 is 11.4 Å². The molecule has 0 saturated heterocycles. The van der Waals surface area contributed by atoms with Gasteiger partial charge < -0.3 is 25.1 Å². The van der Waals surface area contributed by atoms with E-state index in [0.717, 1.165) is 0 Å². The fraction of sp³-hybridized carbons (Fsp3) is 0.250. The Kier molecular flexibility index (Phi) is 6.84. The Morgan fingerprint density at radius 3 is 2.47 bits per heavy atom. The molecule has 5 N–H and O–H groups in total. The predicted molar refractivity (Wildman–Crippen MR) is 53.7 cm³/mol. The third kappa shape index (κ3) is 7.00. The molecule has 86 valence electrons. The van der Waals surface area contributed by atoms with E-state index in [1.165, 1.54) is 6.07 Å². The van der Waals surface area contributed by atoms with E-state index >= 15 is 0 Å². The zero-order valence-corrected chi connectivity index (χ0v) is 8.55. The fourth-order valence-corrected chi connectivity index (χ4v) is 0.868. The largest absolute Gasteiger partial charge is 0.750 e. The molecule has 1 aromatic carbocycles. The monoisotopic (exact) mass is 234 g/mol. The maximum absolute atomic E-state index is 9.22. The van der Waals surface area contributed by atoms with E-state index < -0.39 is 17.5 Å². The van der Waals surface area contributed by atoms with Crippen molar-refractivity contribution in [2.24, 2.45) is 5.73 Å². The van der Waals surface area contributed by atoms with Gasteiger partial charge in [-0.25, -0.2) is 4.21 Å². The third-order valence-corrected chi connectivity index (χ3v) is 1.48. The van der Waals surface area contributed by atoms with Crippen LogP contribution in [-0.4, -0.2) is 30.1 Å². The summed E-state index contributed by atoms with van der Waals surface area (Å²) in [6.07, 6.45) is -0.679. The number of hydrogen-bond donors (Lipinski definition) is 4. The summed E-state index contributed by atoms with van der Waals surface area (Å²) in [5.41, 5.74) is 5.87. The van der Waals surface area contributed by atoms with Gasteiger partial charge in [0.2, 0.25) is 0 Å². The number of nitrogens with two attached hydrogens (primary N) is 1. The average Bonchev–Trinajstić information content (AvgIpc) is 2.16. The van der Waals surface area contributed by atoms with Crippen LogP contribution in [0.4, 0.5) is 0 Å². The van der Waals surface area contributed by atoms with Crippen molar-refractivity contribution in [1.29, 1.82) is 0 Å². The van der Waals surface area contributed by atoms with Gasteiger partial charge in [-0.15, -0.1) is 0 Å². The van der Waals surface area contributed by atoms with Gasteiger partial charge in [0.1, 0.15) is 5.75 Å². The van der Waals surface area contributed by atoms with Crippen LogP contribution in [0.2, 0.25) is 0 Å². The number of aliphatic hydroxyl groups is 1. The summed E-state index contributed by atoms with van der Waals surface area (Å²) in [5.74, 6) is 0.148. The molecular formula is C8H12NO5S-. The second-order valence-electron chi connectivity index (χ2n) is 2.56. The molecule has 0 aromatic heterocycles. The smallest absolute Gasteiger partial charge is 0.115 e. The van der Waals surface area contributed by atoms with Crippen LogP contribution in [0.15, 0.2) is 24.3 Å². The summed E-state index contributed by atoms with van der Waals surface area (Å²) in [5, 5.41) is 18.2. The predicted octanol–water partition coefficient (Wildman–Crippen LogP) is -0.277. The molecule has 2 unspecified atom stereocenters. The molecular weight excluding hydrogens is 222 g/mol. The zero-order chi connectivity index (χ0) is 11.8. The summed E-state index contributed by atoms with van der Waals surface area (Å²) in [7, 11) is 0. The van der Waals surface area contributed by atoms with E-state index in [0.29, 0.717) is 5.56 Å². The summed E-state index contributed by atoms with van der Waals surface area (Å²) in [6.45, 7) is 0.170. The minimum Gasteiger partial charge on any atom is -0.750 e. The number of benzene rings is 1. The Labute approximate surface area is 89.5 Å². The SMILES string of the molecule is NCC(O)c1cccc(O)c1.O=S([O-])O. The van der Waals surface area contributed by atoms with Crippen molar-refractivity contribution in [1.82, 2.24) is 0 Å². The minimum atomic E-state index is -2.86. The summed E-state index contributed by atoms with van der Waals surface area (Å²) in [6, 6.07) is 6.44. The lowest BCUT2D eigenvalue weighted by atomic mass is 10.1. The van der Waals surface area contributed by atoms with E-state index in [-0.39, 0.29) is 12.3 Å². The highest BCUT2D eigenvalue weighted by Gasteiger charge is 2.03. The Bertz CT molecular complexity index is 316. The molecule has 0 radical (unpaired) electrons. The maximum atomic E-state index is 9.22. The number of aliphatic hydroxyl groups excluding tert-OH is 1. The van der Waals surface area contributed by atoms with Crippen LogP contribution in [0.1, 0.15) is 11.7 Å². The van der Waals surface area contributed by atoms with Gasteiger partial charge in [-0.3, -0.25) is 0 Å². The van der Waals surface area contributed by atoms with E-state index in [9.17, 15) is 5.11 Å². The van der Waals surface area contributed by atoms with Crippen LogP contribution in [-0.2, 0) is 11.4 Å². The van der Waals surface area contributed by atoms with E-state index in [1.54, 1.807) is 18.2 Å². The van der Waals surface area contributed by atoms with Crippen molar-refractivity contribution in [2.45, 2.75) is 6.10 Å². The Morgan fingerprint density at radius 1 is 1.53 bits per heavy atom. The van der Waals surface area contributed by atoms with Crippen LogP contribution in [0.25, 0.3) is 0 Å². The molecule has 0 amide bonds. The van der Waals surface area contributed by atoms with E-state index in [2.05, 4.69) is 0 Å². The average molecular weight is 234 g/mol. The van der Waals surface area contributed by atoms with E-state index in [4.69, 9.17) is 24.2 Å². The van der Waals surface area contributed by atoms with Crippen LogP contribution >= 0.6 is 0 Å². The van der Waals surface area contributed by atoms with Gasteiger partial charge in [0.05, 0.1) is 17.5 Å². The molecule has 0 aliphatic heterocycles. The van der Waals surface area contributed by atoms with Crippen LogP contribution < -0.4 is 5.73 Å². The van der Waals surface area contributed by atoms with E-state index in [1.807, 2.05) is 0 Å². The number of rotatable bonds is 2. The van der Waals surface area contributed by atoms with Gasteiger partial charge in [-0.1, -0.05) is 12.1 Å². The standard InChI is InChI=1S/C8H11NO2.H2O3S/c9-5-8(11)6-2-1-3-7(10)4-6;1-4(2)3/h1-4,8,10-11H,5,9H2;(H2,1,2,3)/p-1. The molecule has 2 atom stereocenters. The topological polar surface area (TPSA) is 127 Å². The molecule has 0 heterocycles. The van der Waals surface area contributed by atoms with Gasteiger partial charge in [0, 0.05) is 6.54 Å². The first-order valence-electron chi connectivity index (χ1n) is 3.92. The van der Waals surface area contributed by atoms with Gasteiger partial charge in [0.25, 0.3) is 0 Å². The number of hydrogen-bond acceptors (Lipinski definition) is 5. The Balaban J connectivity index is 0.000000423. The highest BCUT2D eigenvalue weighted by Crippen LogP contribution is 2.16. The van der Waals surface area contributed by atoms with Crippen LogP contribution in [0.3, 0.4) is 0 Å². The first kappa shape index (κ1) is 14.0. The number of phenolic OH excluding ortho intramolecular Hbond substituents is 1. The Morgan fingerprint density at radius 2 is 2.07 bits per heavy atom. The molecule has 0 spiro atoms. The first-order chi connectivity index (χ1) is 6.97. The molecule has 6 nitrogen and oxygen atoms in total. The molecule has 15 heavy (non-hydrogen) atoms. The van der Waals surface area contributed by atoms with Crippen LogP contribution in [0.5, 0.6) is 5.75 Å². The fourth-order valence-electron chi connectivity index (χ4n) is 0.868. The highest BCUT2D eigenvalue weighted by molar-refractivity contribution is 7.73. The highest BCUT2D eigenvalue weighted by atomic mass is 32.2. The first-order valence-corrected chi connectivity index (χ1v) is 4.96. The lowest BCUT2D eigenvalue weighted by Crippen LogP contribution is -2.11. The second kappa shape index (κ2) is 7.32. The Hall–Kier alpha value is -0.990. The molecule has 0 saturated carbocycles. The summed E-state index contributed by atoms with van der Waals surface area (Å²) >= 11 is -2.86. The summed E-state index contributed by atoms with van der Waals surface area (Å²) in [4.78, 5) is 0. The van der Waals surface area contributed by atoms with Crippen molar-refractivity contribution in [3.63, 3.8) is 0 Å². The van der Waals surface area contributed by atoms with Gasteiger partial charge in [-0.05, 0) is 17.7 Å². The lowest BCUT2D eigenvalue weighted by Gasteiger charge is -2.06. The van der Waals surface area contributed by atoms with Crippen molar-refractivity contribution < 1.29 is 23.5 Å². The zero-order valence-electron chi connectivity index (χ0n) is 7.74. The number of phenols is 1.